The van der Waals surface area contributed by atoms with Gasteiger partial charge in [0.15, 0.2) is 0 Å². The van der Waals surface area contributed by atoms with E-state index >= 15 is 0 Å². The van der Waals surface area contributed by atoms with Gasteiger partial charge in [-0.05, 0) is 120 Å². The number of furan rings is 1. The minimum atomic E-state index is 0.945. The SMILES string of the molecule is Cc1cc(C)c(-c2ccc3c(c2)oc2c4cccc5c6sc7cc(-c8c(C)cc(C)cc8C)ccc7c6c6cccc(c32)c6c45)c(C)c1. The quantitative estimate of drug-likeness (QED) is 0.172. The Morgan fingerprint density at radius 1 is 0.438 bits per heavy atom. The summed E-state index contributed by atoms with van der Waals surface area (Å²) in [5.74, 6) is 0. The second-order valence-corrected chi connectivity index (χ2v) is 15.1. The fourth-order valence-electron chi connectivity index (χ4n) is 9.13. The lowest BCUT2D eigenvalue weighted by molar-refractivity contribution is 0.673. The van der Waals surface area contributed by atoms with Gasteiger partial charge in [0.1, 0.15) is 11.2 Å². The number of rotatable bonds is 2. The molecule has 0 aliphatic carbocycles. The molecule has 8 aromatic carbocycles. The van der Waals surface area contributed by atoms with Crippen LogP contribution in [0.2, 0.25) is 0 Å². The predicted molar refractivity (Wildman–Crippen MR) is 210 cm³/mol. The molecule has 0 N–H and O–H groups in total. The molecule has 0 unspecified atom stereocenters. The lowest BCUT2D eigenvalue weighted by atomic mass is 9.88. The summed E-state index contributed by atoms with van der Waals surface area (Å²) in [5, 5.41) is 12.8. The van der Waals surface area contributed by atoms with Gasteiger partial charge in [0.05, 0.1) is 0 Å². The Morgan fingerprint density at radius 2 is 0.958 bits per heavy atom. The lowest BCUT2D eigenvalue weighted by Crippen LogP contribution is -1.90. The van der Waals surface area contributed by atoms with Gasteiger partial charge in [0, 0.05) is 47.1 Å². The van der Waals surface area contributed by atoms with Crippen LogP contribution < -0.4 is 0 Å². The van der Waals surface area contributed by atoms with Crippen molar-refractivity contribution in [3.63, 3.8) is 0 Å². The van der Waals surface area contributed by atoms with Crippen molar-refractivity contribution in [1.29, 1.82) is 0 Å². The molecule has 2 heterocycles. The van der Waals surface area contributed by atoms with Crippen LogP contribution in [0.4, 0.5) is 0 Å². The molecule has 0 fully saturated rings. The van der Waals surface area contributed by atoms with Crippen LogP contribution in [0.25, 0.3) is 96.7 Å². The van der Waals surface area contributed by atoms with Gasteiger partial charge in [0.25, 0.3) is 0 Å². The number of fused-ring (bicyclic) bond motifs is 10. The first kappa shape index (κ1) is 27.9. The fourth-order valence-corrected chi connectivity index (χ4v) is 10.4. The summed E-state index contributed by atoms with van der Waals surface area (Å²) >= 11 is 1.93. The molecule has 0 spiro atoms. The lowest BCUT2D eigenvalue weighted by Gasteiger charge is -2.14. The van der Waals surface area contributed by atoms with Gasteiger partial charge in [0.2, 0.25) is 0 Å². The first-order chi connectivity index (χ1) is 23.3. The van der Waals surface area contributed by atoms with Crippen LogP contribution in [0.5, 0.6) is 0 Å². The van der Waals surface area contributed by atoms with E-state index in [1.54, 1.807) is 0 Å². The second kappa shape index (κ2) is 9.69. The van der Waals surface area contributed by atoms with Crippen LogP contribution in [0.3, 0.4) is 0 Å². The van der Waals surface area contributed by atoms with Crippen LogP contribution in [-0.4, -0.2) is 0 Å². The van der Waals surface area contributed by atoms with Gasteiger partial charge >= 0.3 is 0 Å². The summed E-state index contributed by atoms with van der Waals surface area (Å²) in [6.45, 7) is 13.3. The number of benzene rings is 8. The summed E-state index contributed by atoms with van der Waals surface area (Å²) < 4.78 is 9.59. The molecule has 0 saturated carbocycles. The zero-order chi connectivity index (χ0) is 32.6. The summed E-state index contributed by atoms with van der Waals surface area (Å²) in [6, 6.07) is 36.8. The van der Waals surface area contributed by atoms with Crippen molar-refractivity contribution in [3.05, 3.63) is 130 Å². The highest BCUT2D eigenvalue weighted by Gasteiger charge is 2.23. The molecular weight excluding hydrogens is 601 g/mol. The first-order valence-electron chi connectivity index (χ1n) is 16.8. The molecule has 48 heavy (non-hydrogen) atoms. The van der Waals surface area contributed by atoms with Gasteiger partial charge in [-0.1, -0.05) is 90.0 Å². The molecule has 1 nitrogen and oxygen atoms in total. The summed E-state index contributed by atoms with van der Waals surface area (Å²) in [6.07, 6.45) is 0. The monoisotopic (exact) mass is 634 g/mol. The topological polar surface area (TPSA) is 13.1 Å². The van der Waals surface area contributed by atoms with E-state index in [2.05, 4.69) is 139 Å². The highest BCUT2D eigenvalue weighted by molar-refractivity contribution is 7.27. The average molecular weight is 635 g/mol. The minimum absolute atomic E-state index is 0.945. The number of thiophene rings is 1. The standard InChI is InChI=1S/C46H34OS/c1-23-17-25(3)39(26(4)18-23)29-13-15-31-37(21-29)47-45-35-11-8-12-36-42(35)41-33(43(31)45)9-7-10-34(41)44-32-16-14-30(22-38(32)48-46(36)44)40-27(5)19-24(2)20-28(40)6/h7-22H,1-6H3. The van der Waals surface area contributed by atoms with Crippen molar-refractivity contribution >= 4 is 85.8 Å². The third-order valence-corrected chi connectivity index (χ3v) is 11.9. The van der Waals surface area contributed by atoms with Crippen molar-refractivity contribution in [2.75, 3.05) is 0 Å². The Labute approximate surface area is 283 Å². The molecule has 0 atom stereocenters. The average Bonchev–Trinajstić information content (AvgIpc) is 3.62. The van der Waals surface area contributed by atoms with E-state index in [-0.39, 0.29) is 0 Å². The normalized spacial score (nSPS) is 12.4. The van der Waals surface area contributed by atoms with Gasteiger partial charge < -0.3 is 4.42 Å². The molecule has 2 heteroatoms. The molecule has 0 aliphatic heterocycles. The number of aryl methyl sites for hydroxylation is 6. The molecular formula is C46H34OS. The molecule has 0 aliphatic rings. The first-order valence-corrected chi connectivity index (χ1v) is 17.7. The molecule has 0 bridgehead atoms. The highest BCUT2D eigenvalue weighted by atomic mass is 32.1. The van der Waals surface area contributed by atoms with Crippen molar-refractivity contribution < 1.29 is 4.42 Å². The zero-order valence-electron chi connectivity index (χ0n) is 28.1. The molecule has 230 valence electrons. The van der Waals surface area contributed by atoms with Crippen molar-refractivity contribution in [1.82, 2.24) is 0 Å². The Morgan fingerprint density at radius 3 is 1.60 bits per heavy atom. The number of hydrogen-bond donors (Lipinski definition) is 0. The van der Waals surface area contributed by atoms with E-state index in [4.69, 9.17) is 4.42 Å². The third-order valence-electron chi connectivity index (χ3n) is 10.7. The van der Waals surface area contributed by atoms with Crippen LogP contribution in [0, 0.1) is 41.5 Å². The summed E-state index contributed by atoms with van der Waals surface area (Å²) in [5.41, 5.74) is 15.0. The van der Waals surface area contributed by atoms with Crippen molar-refractivity contribution in [3.8, 4) is 22.3 Å². The Bertz CT molecular complexity index is 2760. The van der Waals surface area contributed by atoms with Crippen LogP contribution in [-0.2, 0) is 0 Å². The van der Waals surface area contributed by atoms with Gasteiger partial charge in [-0.25, -0.2) is 0 Å². The van der Waals surface area contributed by atoms with Crippen LogP contribution in [0.15, 0.2) is 101 Å². The Hall–Kier alpha value is -5.18. The second-order valence-electron chi connectivity index (χ2n) is 14.0. The molecule has 10 rings (SSSR count). The Kier molecular flexibility index (Phi) is 5.63. The van der Waals surface area contributed by atoms with Gasteiger partial charge in [-0.2, -0.15) is 0 Å². The smallest absolute Gasteiger partial charge is 0.143 e. The minimum Gasteiger partial charge on any atom is -0.455 e. The largest absolute Gasteiger partial charge is 0.455 e. The summed E-state index contributed by atoms with van der Waals surface area (Å²) in [7, 11) is 0. The van der Waals surface area contributed by atoms with E-state index in [1.165, 1.54) is 119 Å². The van der Waals surface area contributed by atoms with E-state index in [0.717, 1.165) is 11.2 Å². The maximum atomic E-state index is 6.90. The van der Waals surface area contributed by atoms with E-state index in [9.17, 15) is 0 Å². The highest BCUT2D eigenvalue weighted by Crippen LogP contribution is 2.51. The van der Waals surface area contributed by atoms with Crippen molar-refractivity contribution in [2.45, 2.75) is 41.5 Å². The molecule has 2 aromatic heterocycles. The molecule has 10 aromatic rings. The van der Waals surface area contributed by atoms with E-state index in [0.29, 0.717) is 0 Å². The summed E-state index contributed by atoms with van der Waals surface area (Å²) in [4.78, 5) is 0. The third kappa shape index (κ3) is 3.67. The van der Waals surface area contributed by atoms with Gasteiger partial charge in [-0.15, -0.1) is 11.3 Å². The molecule has 0 amide bonds. The van der Waals surface area contributed by atoms with Crippen LogP contribution in [0.1, 0.15) is 33.4 Å². The maximum absolute atomic E-state index is 6.90. The Balaban J connectivity index is 1.29. The molecule has 0 radical (unpaired) electrons. The zero-order valence-corrected chi connectivity index (χ0v) is 28.9. The maximum Gasteiger partial charge on any atom is 0.143 e. The number of hydrogen-bond acceptors (Lipinski definition) is 2. The fraction of sp³-hybridized carbons (Fsp3) is 0.130. The molecule has 0 saturated heterocycles. The van der Waals surface area contributed by atoms with Crippen LogP contribution >= 0.6 is 11.3 Å². The van der Waals surface area contributed by atoms with E-state index < -0.39 is 0 Å². The predicted octanol–water partition coefficient (Wildman–Crippen LogP) is 14.0. The van der Waals surface area contributed by atoms with Crippen molar-refractivity contribution in [2.24, 2.45) is 0 Å². The van der Waals surface area contributed by atoms with E-state index in [1.807, 2.05) is 11.3 Å². The van der Waals surface area contributed by atoms with Gasteiger partial charge in [-0.3, -0.25) is 0 Å².